The maximum Gasteiger partial charge on any atom is 0.254 e. The summed E-state index contributed by atoms with van der Waals surface area (Å²) in [5, 5.41) is 9.35. The van der Waals surface area contributed by atoms with Gasteiger partial charge in [0.1, 0.15) is 0 Å². The lowest BCUT2D eigenvalue weighted by atomic mass is 10.2. The van der Waals surface area contributed by atoms with Crippen molar-refractivity contribution in [3.8, 4) is 0 Å². The predicted molar refractivity (Wildman–Crippen MR) is 58.7 cm³/mol. The van der Waals surface area contributed by atoms with Crippen molar-refractivity contribution in [2.45, 2.75) is 25.1 Å². The number of aromatic nitrogens is 2. The molecule has 0 fully saturated rings. The molecule has 0 aromatic carbocycles. The van der Waals surface area contributed by atoms with E-state index >= 15 is 0 Å². The van der Waals surface area contributed by atoms with Crippen molar-refractivity contribution in [3.05, 3.63) is 17.5 Å². The van der Waals surface area contributed by atoms with Gasteiger partial charge in [-0.15, -0.1) is 0 Å². The van der Waals surface area contributed by atoms with Gasteiger partial charge < -0.3 is 5.32 Å². The van der Waals surface area contributed by atoms with E-state index in [1.807, 2.05) is 6.92 Å². The van der Waals surface area contributed by atoms with Crippen LogP contribution in [0.1, 0.15) is 29.4 Å². The number of aryl methyl sites for hydroxylation is 1. The van der Waals surface area contributed by atoms with Crippen LogP contribution in [0.2, 0.25) is 0 Å². The Labute approximate surface area is 91.6 Å². The largest absolute Gasteiger partial charge is 0.352 e. The molecule has 0 aliphatic rings. The molecule has 5 heteroatoms. The first-order chi connectivity index (χ1) is 6.61. The fraction of sp³-hybridized carbons (Fsp3) is 0.556. The molecule has 78 valence electrons. The summed E-state index contributed by atoms with van der Waals surface area (Å²) >= 11 is 3.42. The first-order valence-electron chi connectivity index (χ1n) is 4.53. The van der Waals surface area contributed by atoms with Gasteiger partial charge in [-0.05, 0) is 13.3 Å². The van der Waals surface area contributed by atoms with E-state index in [-0.39, 0.29) is 5.91 Å². The summed E-state index contributed by atoms with van der Waals surface area (Å²) in [5.41, 5.74) is 1.42. The summed E-state index contributed by atoms with van der Waals surface area (Å²) in [4.78, 5) is 11.9. The van der Waals surface area contributed by atoms with Gasteiger partial charge in [0.05, 0.1) is 11.8 Å². The van der Waals surface area contributed by atoms with E-state index in [0.29, 0.717) is 16.9 Å². The Morgan fingerprint density at radius 3 is 3.00 bits per heavy atom. The Morgan fingerprint density at radius 2 is 2.50 bits per heavy atom. The van der Waals surface area contributed by atoms with E-state index in [2.05, 4.69) is 38.4 Å². The molecule has 0 saturated heterocycles. The second-order valence-electron chi connectivity index (χ2n) is 3.23. The fourth-order valence-corrected chi connectivity index (χ4v) is 1.29. The van der Waals surface area contributed by atoms with Crippen LogP contribution in [0.3, 0.4) is 0 Å². The van der Waals surface area contributed by atoms with Crippen molar-refractivity contribution < 1.29 is 4.79 Å². The number of H-pyrrole nitrogens is 1. The number of amides is 1. The SMILES string of the molecule is Cc1[nH]ncc1C(=O)NCCC(C)Br. The Bertz CT molecular complexity index is 309. The highest BCUT2D eigenvalue weighted by Gasteiger charge is 2.09. The summed E-state index contributed by atoms with van der Waals surface area (Å²) in [6.45, 7) is 4.56. The van der Waals surface area contributed by atoms with Crippen LogP contribution in [-0.2, 0) is 0 Å². The van der Waals surface area contributed by atoms with Crippen molar-refractivity contribution >= 4 is 21.8 Å². The summed E-state index contributed by atoms with van der Waals surface area (Å²) < 4.78 is 0. The second kappa shape index (κ2) is 5.14. The standard InChI is InChI=1S/C9H14BrN3O/c1-6(10)3-4-11-9(14)8-5-12-13-7(8)2/h5-6H,3-4H2,1-2H3,(H,11,14)(H,12,13). The molecule has 1 amide bonds. The first kappa shape index (κ1) is 11.2. The highest BCUT2D eigenvalue weighted by Crippen LogP contribution is 2.04. The smallest absolute Gasteiger partial charge is 0.254 e. The van der Waals surface area contributed by atoms with Crippen LogP contribution >= 0.6 is 15.9 Å². The van der Waals surface area contributed by atoms with Gasteiger partial charge in [0, 0.05) is 17.1 Å². The molecular formula is C9H14BrN3O. The Hall–Kier alpha value is -0.840. The van der Waals surface area contributed by atoms with Gasteiger partial charge in [-0.25, -0.2) is 0 Å². The quantitative estimate of drug-likeness (QED) is 0.808. The van der Waals surface area contributed by atoms with E-state index in [1.54, 1.807) is 6.20 Å². The van der Waals surface area contributed by atoms with Crippen molar-refractivity contribution in [1.82, 2.24) is 15.5 Å². The van der Waals surface area contributed by atoms with Gasteiger partial charge in [0.2, 0.25) is 0 Å². The van der Waals surface area contributed by atoms with Crippen LogP contribution in [-0.4, -0.2) is 27.5 Å². The van der Waals surface area contributed by atoms with Gasteiger partial charge in [0.15, 0.2) is 0 Å². The highest BCUT2D eigenvalue weighted by molar-refractivity contribution is 9.09. The van der Waals surface area contributed by atoms with Crippen LogP contribution in [0.5, 0.6) is 0 Å². The molecule has 4 nitrogen and oxygen atoms in total. The number of alkyl halides is 1. The van der Waals surface area contributed by atoms with E-state index in [4.69, 9.17) is 0 Å². The number of hydrogen-bond acceptors (Lipinski definition) is 2. The number of halogens is 1. The average Bonchev–Trinajstić information content (AvgIpc) is 2.50. The zero-order valence-electron chi connectivity index (χ0n) is 8.30. The maximum absolute atomic E-state index is 11.5. The third kappa shape index (κ3) is 3.14. The molecule has 0 radical (unpaired) electrons. The summed E-state index contributed by atoms with van der Waals surface area (Å²) in [6.07, 6.45) is 2.46. The number of rotatable bonds is 4. The molecule has 1 aromatic rings. The van der Waals surface area contributed by atoms with Crippen LogP contribution in [0, 0.1) is 6.92 Å². The van der Waals surface area contributed by atoms with Gasteiger partial charge >= 0.3 is 0 Å². The zero-order chi connectivity index (χ0) is 10.6. The van der Waals surface area contributed by atoms with E-state index in [1.165, 1.54) is 0 Å². The second-order valence-corrected chi connectivity index (χ2v) is 4.80. The lowest BCUT2D eigenvalue weighted by Gasteiger charge is -2.05. The molecule has 0 bridgehead atoms. The molecule has 0 aliphatic carbocycles. The topological polar surface area (TPSA) is 57.8 Å². The molecule has 1 rings (SSSR count). The molecule has 1 aromatic heterocycles. The number of nitrogens with zero attached hydrogens (tertiary/aromatic N) is 1. The van der Waals surface area contributed by atoms with E-state index in [9.17, 15) is 4.79 Å². The first-order valence-corrected chi connectivity index (χ1v) is 5.45. The van der Waals surface area contributed by atoms with Crippen LogP contribution < -0.4 is 5.32 Å². The molecule has 0 saturated carbocycles. The number of carbonyl (C=O) groups is 1. The molecule has 1 unspecified atom stereocenters. The predicted octanol–water partition coefficient (Wildman–Crippen LogP) is 1.62. The molecule has 0 spiro atoms. The molecular weight excluding hydrogens is 246 g/mol. The molecule has 1 atom stereocenters. The minimum atomic E-state index is -0.0654. The van der Waals surface area contributed by atoms with Crippen LogP contribution in [0.25, 0.3) is 0 Å². The Kier molecular flexibility index (Phi) is 4.13. The van der Waals surface area contributed by atoms with Gasteiger partial charge in [-0.1, -0.05) is 22.9 Å². The Morgan fingerprint density at radius 1 is 1.79 bits per heavy atom. The Balaban J connectivity index is 2.40. The normalized spacial score (nSPS) is 12.5. The van der Waals surface area contributed by atoms with Gasteiger partial charge in [-0.3, -0.25) is 9.89 Å². The van der Waals surface area contributed by atoms with Crippen molar-refractivity contribution in [2.24, 2.45) is 0 Å². The van der Waals surface area contributed by atoms with Crippen molar-refractivity contribution in [3.63, 3.8) is 0 Å². The summed E-state index contributed by atoms with van der Waals surface area (Å²) in [6, 6.07) is 0. The van der Waals surface area contributed by atoms with Crippen LogP contribution in [0.4, 0.5) is 0 Å². The highest BCUT2D eigenvalue weighted by atomic mass is 79.9. The minimum absolute atomic E-state index is 0.0654. The lowest BCUT2D eigenvalue weighted by Crippen LogP contribution is -2.25. The number of hydrogen-bond donors (Lipinski definition) is 2. The van der Waals surface area contributed by atoms with E-state index < -0.39 is 0 Å². The lowest BCUT2D eigenvalue weighted by molar-refractivity contribution is 0.0953. The molecule has 14 heavy (non-hydrogen) atoms. The molecule has 2 N–H and O–H groups in total. The number of carbonyl (C=O) groups excluding carboxylic acids is 1. The third-order valence-corrected chi connectivity index (χ3v) is 2.36. The van der Waals surface area contributed by atoms with Crippen LogP contribution in [0.15, 0.2) is 6.20 Å². The van der Waals surface area contributed by atoms with Gasteiger partial charge in [-0.2, -0.15) is 5.10 Å². The van der Waals surface area contributed by atoms with E-state index in [0.717, 1.165) is 12.1 Å². The monoisotopic (exact) mass is 259 g/mol. The molecule has 1 heterocycles. The third-order valence-electron chi connectivity index (χ3n) is 1.90. The summed E-state index contributed by atoms with van der Waals surface area (Å²) in [5.74, 6) is -0.0654. The van der Waals surface area contributed by atoms with Crippen molar-refractivity contribution in [1.29, 1.82) is 0 Å². The maximum atomic E-state index is 11.5. The van der Waals surface area contributed by atoms with Crippen molar-refractivity contribution in [2.75, 3.05) is 6.54 Å². The minimum Gasteiger partial charge on any atom is -0.352 e. The number of aromatic amines is 1. The summed E-state index contributed by atoms with van der Waals surface area (Å²) in [7, 11) is 0. The average molecular weight is 260 g/mol. The zero-order valence-corrected chi connectivity index (χ0v) is 9.89. The number of nitrogens with one attached hydrogen (secondary N) is 2. The van der Waals surface area contributed by atoms with Gasteiger partial charge in [0.25, 0.3) is 5.91 Å². The molecule has 0 aliphatic heterocycles. The fourth-order valence-electron chi connectivity index (χ4n) is 1.06.